The summed E-state index contributed by atoms with van der Waals surface area (Å²) in [5.74, 6) is -0.475. The predicted octanol–water partition coefficient (Wildman–Crippen LogP) is -0.377. The zero-order valence-electron chi connectivity index (χ0n) is 5.57. The number of hydrogen-bond acceptors (Lipinski definition) is 0. The molecule has 2 nitrogen and oxygen atoms in total. The van der Waals surface area contributed by atoms with E-state index in [1.54, 1.807) is 6.07 Å². The molecule has 0 aromatic heterocycles. The van der Waals surface area contributed by atoms with E-state index >= 15 is 0 Å². The maximum Gasteiger partial charge on any atom is 0.141 e. The van der Waals surface area contributed by atoms with E-state index in [0.29, 0.717) is 5.46 Å². The van der Waals surface area contributed by atoms with Crippen LogP contribution in [0.25, 0.3) is 0 Å². The largest absolute Gasteiger partial charge is 0.412 e. The van der Waals surface area contributed by atoms with Crippen molar-refractivity contribution in [2.24, 2.45) is 0 Å². The maximum atomic E-state index is 12.4. The highest BCUT2D eigenvalue weighted by Crippen LogP contribution is 2.10. The molecule has 0 aliphatic heterocycles. The zero-order chi connectivity index (χ0) is 6.85. The maximum absolute atomic E-state index is 12.4. The van der Waals surface area contributed by atoms with Gasteiger partial charge >= 0.3 is 0 Å². The summed E-state index contributed by atoms with van der Waals surface area (Å²) in [6.07, 6.45) is 0. The van der Waals surface area contributed by atoms with Crippen LogP contribution in [0.1, 0.15) is 0 Å². The van der Waals surface area contributed by atoms with Gasteiger partial charge in [-0.2, -0.15) is 0 Å². The summed E-state index contributed by atoms with van der Waals surface area (Å²) >= 11 is 5.35. The molecule has 2 radical (unpaired) electrons. The average molecular weight is 176 g/mol. The SMILES string of the molecule is O.O.[B]c1ccc(Cl)c(F)c1. The first-order valence-electron chi connectivity index (χ1n) is 2.40. The Morgan fingerprint density at radius 1 is 1.27 bits per heavy atom. The first-order valence-corrected chi connectivity index (χ1v) is 2.78. The van der Waals surface area contributed by atoms with Crippen LogP contribution in [0.5, 0.6) is 0 Å². The molecule has 1 aromatic carbocycles. The summed E-state index contributed by atoms with van der Waals surface area (Å²) in [7, 11) is 5.23. The quantitative estimate of drug-likeness (QED) is 0.484. The second-order valence-corrected chi connectivity index (χ2v) is 2.08. The average Bonchev–Trinajstić information content (AvgIpc) is 1.80. The van der Waals surface area contributed by atoms with Crippen LogP contribution in [0.2, 0.25) is 5.02 Å². The molecular formula is C6H7BClFO2. The van der Waals surface area contributed by atoms with Gasteiger partial charge in [0.1, 0.15) is 13.7 Å². The Morgan fingerprint density at radius 3 is 2.18 bits per heavy atom. The molecule has 0 atom stereocenters. The molecule has 0 aliphatic carbocycles. The monoisotopic (exact) mass is 176 g/mol. The summed E-state index contributed by atoms with van der Waals surface area (Å²) in [6.45, 7) is 0. The summed E-state index contributed by atoms with van der Waals surface area (Å²) in [4.78, 5) is 0. The van der Waals surface area contributed by atoms with Crippen molar-refractivity contribution < 1.29 is 15.3 Å². The summed E-state index contributed by atoms with van der Waals surface area (Å²) in [5, 5.41) is 0.101. The molecule has 11 heavy (non-hydrogen) atoms. The molecule has 0 saturated carbocycles. The Kier molecular flexibility index (Phi) is 6.08. The second kappa shape index (κ2) is 5.13. The molecule has 0 amide bonds. The van der Waals surface area contributed by atoms with Crippen molar-refractivity contribution in [2.45, 2.75) is 0 Å². The molecule has 0 bridgehead atoms. The van der Waals surface area contributed by atoms with Gasteiger partial charge in [0.05, 0.1) is 5.02 Å². The highest BCUT2D eigenvalue weighted by Gasteiger charge is 1.95. The van der Waals surface area contributed by atoms with Crippen molar-refractivity contribution in [2.75, 3.05) is 0 Å². The van der Waals surface area contributed by atoms with Crippen molar-refractivity contribution in [3.63, 3.8) is 0 Å². The molecule has 5 heteroatoms. The Morgan fingerprint density at radius 2 is 1.82 bits per heavy atom. The van der Waals surface area contributed by atoms with Crippen LogP contribution in [-0.4, -0.2) is 18.8 Å². The fourth-order valence-electron chi connectivity index (χ4n) is 0.512. The van der Waals surface area contributed by atoms with Gasteiger partial charge in [-0.15, -0.1) is 0 Å². The van der Waals surface area contributed by atoms with Gasteiger partial charge in [-0.25, -0.2) is 4.39 Å². The Labute approximate surface area is 70.0 Å². The fraction of sp³-hybridized carbons (Fsp3) is 0. The van der Waals surface area contributed by atoms with E-state index in [-0.39, 0.29) is 16.0 Å². The minimum atomic E-state index is -0.475. The second-order valence-electron chi connectivity index (χ2n) is 1.67. The van der Waals surface area contributed by atoms with Crippen molar-refractivity contribution in [3.8, 4) is 0 Å². The van der Waals surface area contributed by atoms with Gasteiger partial charge in [0.25, 0.3) is 0 Å². The van der Waals surface area contributed by atoms with E-state index < -0.39 is 5.82 Å². The van der Waals surface area contributed by atoms with Gasteiger partial charge < -0.3 is 11.0 Å². The zero-order valence-corrected chi connectivity index (χ0v) is 6.32. The van der Waals surface area contributed by atoms with E-state index in [4.69, 9.17) is 19.4 Å². The van der Waals surface area contributed by atoms with Gasteiger partial charge in [-0.1, -0.05) is 23.1 Å². The molecule has 1 aromatic rings. The molecule has 60 valence electrons. The summed E-state index contributed by atoms with van der Waals surface area (Å²) in [6, 6.07) is 4.15. The van der Waals surface area contributed by atoms with Crippen molar-refractivity contribution >= 4 is 24.9 Å². The smallest absolute Gasteiger partial charge is 0.141 e. The highest BCUT2D eigenvalue weighted by molar-refractivity contribution is 6.34. The minimum Gasteiger partial charge on any atom is -0.412 e. The van der Waals surface area contributed by atoms with E-state index in [1.165, 1.54) is 12.1 Å². The van der Waals surface area contributed by atoms with Crippen LogP contribution in [-0.2, 0) is 0 Å². The predicted molar refractivity (Wildman–Crippen MR) is 44.0 cm³/mol. The van der Waals surface area contributed by atoms with Crippen LogP contribution < -0.4 is 5.46 Å². The Bertz CT molecular complexity index is 232. The minimum absolute atomic E-state index is 0. The van der Waals surface area contributed by atoms with Gasteiger partial charge in [-0.05, 0) is 12.1 Å². The lowest BCUT2D eigenvalue weighted by atomic mass is 9.97. The van der Waals surface area contributed by atoms with Gasteiger partial charge in [-0.3, -0.25) is 0 Å². The first-order chi connectivity index (χ1) is 4.20. The molecule has 1 rings (SSSR count). The van der Waals surface area contributed by atoms with Crippen LogP contribution >= 0.6 is 11.6 Å². The van der Waals surface area contributed by atoms with Crippen molar-refractivity contribution in [1.82, 2.24) is 0 Å². The van der Waals surface area contributed by atoms with Crippen LogP contribution in [0.15, 0.2) is 18.2 Å². The standard InChI is InChI=1S/C6H3BClF.2H2O/c7-4-1-2-5(8)6(9)3-4;;/h1-3H;2*1H2. The van der Waals surface area contributed by atoms with E-state index in [0.717, 1.165) is 0 Å². The molecule has 0 fully saturated rings. The van der Waals surface area contributed by atoms with Crippen LogP contribution in [0.3, 0.4) is 0 Å². The van der Waals surface area contributed by atoms with Crippen molar-refractivity contribution in [1.29, 1.82) is 0 Å². The lowest BCUT2D eigenvalue weighted by molar-refractivity contribution is 0.629. The third-order valence-electron chi connectivity index (χ3n) is 0.944. The van der Waals surface area contributed by atoms with E-state index in [2.05, 4.69) is 0 Å². The molecule has 4 N–H and O–H groups in total. The molecular weight excluding hydrogens is 169 g/mol. The normalized spacial score (nSPS) is 7.82. The molecule has 0 saturated heterocycles. The third kappa shape index (κ3) is 3.37. The number of rotatable bonds is 0. The van der Waals surface area contributed by atoms with Gasteiger partial charge in [0.15, 0.2) is 0 Å². The fourth-order valence-corrected chi connectivity index (χ4v) is 0.630. The number of halogens is 2. The van der Waals surface area contributed by atoms with Crippen LogP contribution in [0, 0.1) is 5.82 Å². The number of hydrogen-bond donors (Lipinski definition) is 0. The van der Waals surface area contributed by atoms with Gasteiger partial charge in [0.2, 0.25) is 0 Å². The highest BCUT2D eigenvalue weighted by atomic mass is 35.5. The molecule has 0 spiro atoms. The molecule has 0 aliphatic rings. The Balaban J connectivity index is 0. The number of benzene rings is 1. The topological polar surface area (TPSA) is 63.0 Å². The summed E-state index contributed by atoms with van der Waals surface area (Å²) < 4.78 is 12.4. The molecule has 0 heterocycles. The van der Waals surface area contributed by atoms with Crippen molar-refractivity contribution in [3.05, 3.63) is 29.0 Å². The molecule has 0 unspecified atom stereocenters. The van der Waals surface area contributed by atoms with E-state index in [1.807, 2.05) is 0 Å². The lowest BCUT2D eigenvalue weighted by Gasteiger charge is -1.93. The summed E-state index contributed by atoms with van der Waals surface area (Å²) in [5.41, 5.74) is 0.386. The third-order valence-corrected chi connectivity index (χ3v) is 1.25. The lowest BCUT2D eigenvalue weighted by Crippen LogP contribution is -2.01. The first kappa shape index (κ1) is 13.0. The van der Waals surface area contributed by atoms with Gasteiger partial charge in [0, 0.05) is 0 Å². The Hall–Kier alpha value is -0.575. The van der Waals surface area contributed by atoms with E-state index in [9.17, 15) is 4.39 Å². The van der Waals surface area contributed by atoms with Crippen LogP contribution in [0.4, 0.5) is 4.39 Å².